The fourth-order valence-electron chi connectivity index (χ4n) is 3.30. The normalized spacial score (nSPS) is 15.1. The summed E-state index contributed by atoms with van der Waals surface area (Å²) in [5.41, 5.74) is 3.32. The van der Waals surface area contributed by atoms with Gasteiger partial charge in [0.15, 0.2) is 0 Å². The van der Waals surface area contributed by atoms with Gasteiger partial charge in [-0.25, -0.2) is 8.42 Å². The Bertz CT molecular complexity index is 1080. The molecular weight excluding hydrogens is 322 g/mol. The first-order valence-electron chi connectivity index (χ1n) is 7.69. The Kier molecular flexibility index (Phi) is 3.41. The Hall–Kier alpha value is -2.62. The first kappa shape index (κ1) is 14.9. The Morgan fingerprint density at radius 1 is 1.08 bits per heavy atom. The Morgan fingerprint density at radius 3 is 2.67 bits per heavy atom. The quantitative estimate of drug-likeness (QED) is 0.781. The minimum absolute atomic E-state index is 0.0760. The van der Waals surface area contributed by atoms with Crippen LogP contribution < -0.4 is 0 Å². The molecule has 0 saturated carbocycles. The number of aromatic nitrogens is 1. The number of nitriles is 1. The van der Waals surface area contributed by atoms with Crippen molar-refractivity contribution in [2.24, 2.45) is 0 Å². The Balaban J connectivity index is 1.75. The second kappa shape index (κ2) is 5.48. The predicted octanol–water partition coefficient (Wildman–Crippen LogP) is 2.79. The van der Waals surface area contributed by atoms with Gasteiger partial charge in [0, 0.05) is 23.1 Å². The molecule has 2 heterocycles. The average Bonchev–Trinajstić information content (AvgIpc) is 2.99. The summed E-state index contributed by atoms with van der Waals surface area (Å²) >= 11 is 0. The summed E-state index contributed by atoms with van der Waals surface area (Å²) in [5, 5.41) is 10.3. The zero-order chi connectivity index (χ0) is 16.7. The van der Waals surface area contributed by atoms with Crippen LogP contribution in [0.4, 0.5) is 0 Å². The van der Waals surface area contributed by atoms with Crippen LogP contribution in [0.15, 0.2) is 53.4 Å². The summed E-state index contributed by atoms with van der Waals surface area (Å²) < 4.78 is 27.4. The van der Waals surface area contributed by atoms with Gasteiger partial charge in [0.1, 0.15) is 6.07 Å². The van der Waals surface area contributed by atoms with Crippen LogP contribution in [0.1, 0.15) is 16.8 Å². The van der Waals surface area contributed by atoms with Crippen molar-refractivity contribution in [2.75, 3.05) is 6.54 Å². The minimum atomic E-state index is -3.69. The van der Waals surface area contributed by atoms with Gasteiger partial charge in [-0.05, 0) is 30.2 Å². The highest BCUT2D eigenvalue weighted by Crippen LogP contribution is 2.30. The van der Waals surface area contributed by atoms with Crippen molar-refractivity contribution in [3.05, 3.63) is 65.4 Å². The van der Waals surface area contributed by atoms with Gasteiger partial charge in [-0.1, -0.05) is 30.3 Å². The molecular formula is C18H15N3O2S. The lowest BCUT2D eigenvalue weighted by molar-refractivity contribution is 0.388. The van der Waals surface area contributed by atoms with Crippen LogP contribution in [0, 0.1) is 11.3 Å². The van der Waals surface area contributed by atoms with Gasteiger partial charge >= 0.3 is 0 Å². The smallest absolute Gasteiger partial charge is 0.244 e. The van der Waals surface area contributed by atoms with Crippen molar-refractivity contribution in [1.29, 1.82) is 5.26 Å². The van der Waals surface area contributed by atoms with Crippen molar-refractivity contribution in [1.82, 2.24) is 9.29 Å². The van der Waals surface area contributed by atoms with Crippen molar-refractivity contribution in [3.63, 3.8) is 0 Å². The lowest BCUT2D eigenvalue weighted by Crippen LogP contribution is -2.36. The van der Waals surface area contributed by atoms with Gasteiger partial charge in [0.05, 0.1) is 17.0 Å². The molecule has 1 aromatic heterocycles. The highest BCUT2D eigenvalue weighted by atomic mass is 32.2. The molecule has 24 heavy (non-hydrogen) atoms. The molecule has 1 aliphatic heterocycles. The maximum absolute atomic E-state index is 13.0. The summed E-state index contributed by atoms with van der Waals surface area (Å²) in [6.45, 7) is 0.711. The molecule has 1 N–H and O–H groups in total. The van der Waals surface area contributed by atoms with E-state index in [0.29, 0.717) is 19.5 Å². The Morgan fingerprint density at radius 2 is 1.83 bits per heavy atom. The van der Waals surface area contributed by atoms with Crippen molar-refractivity contribution < 1.29 is 8.42 Å². The molecule has 0 fully saturated rings. The maximum Gasteiger partial charge on any atom is 0.244 e. The van der Waals surface area contributed by atoms with Crippen LogP contribution in [0.25, 0.3) is 10.9 Å². The molecule has 4 rings (SSSR count). The molecule has 0 atom stereocenters. The minimum Gasteiger partial charge on any atom is -0.357 e. The molecule has 3 aromatic rings. The molecule has 0 amide bonds. The molecule has 1 aliphatic rings. The van der Waals surface area contributed by atoms with E-state index in [1.807, 2.05) is 24.3 Å². The van der Waals surface area contributed by atoms with Gasteiger partial charge < -0.3 is 4.98 Å². The van der Waals surface area contributed by atoms with E-state index in [1.54, 1.807) is 12.1 Å². The topological polar surface area (TPSA) is 77.0 Å². The molecule has 0 unspecified atom stereocenters. The maximum atomic E-state index is 13.0. The molecule has 2 aromatic carbocycles. The zero-order valence-corrected chi connectivity index (χ0v) is 13.7. The number of fused-ring (bicyclic) bond motifs is 3. The molecule has 5 nitrogen and oxygen atoms in total. The van der Waals surface area contributed by atoms with Crippen molar-refractivity contribution in [2.45, 2.75) is 17.9 Å². The number of hydrogen-bond acceptors (Lipinski definition) is 3. The summed E-state index contributed by atoms with van der Waals surface area (Å²) in [7, 11) is -3.69. The lowest BCUT2D eigenvalue weighted by Gasteiger charge is -2.26. The van der Waals surface area contributed by atoms with E-state index in [4.69, 9.17) is 0 Å². The van der Waals surface area contributed by atoms with Crippen LogP contribution in [-0.4, -0.2) is 24.3 Å². The summed E-state index contributed by atoms with van der Waals surface area (Å²) in [5.74, 6) is 0. The van der Waals surface area contributed by atoms with E-state index in [0.717, 1.165) is 16.6 Å². The number of hydrogen-bond donors (Lipinski definition) is 1. The Labute approximate surface area is 140 Å². The molecule has 0 bridgehead atoms. The van der Waals surface area contributed by atoms with Crippen LogP contribution in [0.5, 0.6) is 0 Å². The number of para-hydroxylation sites is 1. The van der Waals surface area contributed by atoms with Gasteiger partial charge in [-0.3, -0.25) is 0 Å². The third kappa shape index (κ3) is 2.21. The number of H-pyrrole nitrogens is 1. The SMILES string of the molecule is N#Cc1ccccc1S(=O)(=O)N1CCc2c([nH]c3ccccc23)C1. The molecule has 6 heteroatoms. The fraction of sp³-hybridized carbons (Fsp3) is 0.167. The standard InChI is InChI=1S/C18H15N3O2S/c19-11-13-5-1-4-8-18(13)24(22,23)21-10-9-15-14-6-2-3-7-16(14)20-17(15)12-21/h1-8,20H,9-10,12H2. The van der Waals surface area contributed by atoms with Gasteiger partial charge in [-0.15, -0.1) is 0 Å². The van der Waals surface area contributed by atoms with Gasteiger partial charge in [-0.2, -0.15) is 9.57 Å². The van der Waals surface area contributed by atoms with Crippen molar-refractivity contribution >= 4 is 20.9 Å². The monoisotopic (exact) mass is 337 g/mol. The highest BCUT2D eigenvalue weighted by Gasteiger charge is 2.31. The van der Waals surface area contributed by atoms with Crippen LogP contribution in [0.3, 0.4) is 0 Å². The predicted molar refractivity (Wildman–Crippen MR) is 90.8 cm³/mol. The number of sulfonamides is 1. The molecule has 120 valence electrons. The van der Waals surface area contributed by atoms with E-state index in [1.165, 1.54) is 22.0 Å². The van der Waals surface area contributed by atoms with Crippen LogP contribution in [-0.2, 0) is 23.0 Å². The number of rotatable bonds is 2. The second-order valence-electron chi connectivity index (χ2n) is 5.82. The molecule has 0 spiro atoms. The third-order valence-corrected chi connectivity index (χ3v) is 6.38. The average molecular weight is 337 g/mol. The van der Waals surface area contributed by atoms with Gasteiger partial charge in [0.2, 0.25) is 10.0 Å². The first-order valence-corrected chi connectivity index (χ1v) is 9.13. The van der Waals surface area contributed by atoms with E-state index in [2.05, 4.69) is 11.1 Å². The number of aromatic amines is 1. The molecule has 0 radical (unpaired) electrons. The summed E-state index contributed by atoms with van der Waals surface area (Å²) in [6, 6.07) is 16.3. The van der Waals surface area contributed by atoms with Crippen LogP contribution in [0.2, 0.25) is 0 Å². The zero-order valence-electron chi connectivity index (χ0n) is 12.9. The number of nitrogens with one attached hydrogen (secondary N) is 1. The first-order chi connectivity index (χ1) is 11.6. The lowest BCUT2D eigenvalue weighted by atomic mass is 10.1. The van der Waals surface area contributed by atoms with E-state index in [-0.39, 0.29) is 10.5 Å². The molecule has 0 aliphatic carbocycles. The van der Waals surface area contributed by atoms with Gasteiger partial charge in [0.25, 0.3) is 0 Å². The number of nitrogens with zero attached hydrogens (tertiary/aromatic N) is 2. The van der Waals surface area contributed by atoms with E-state index < -0.39 is 10.0 Å². The summed E-state index contributed by atoms with van der Waals surface area (Å²) in [6.07, 6.45) is 0.660. The van der Waals surface area contributed by atoms with Crippen molar-refractivity contribution in [3.8, 4) is 6.07 Å². The van der Waals surface area contributed by atoms with E-state index in [9.17, 15) is 13.7 Å². The second-order valence-corrected chi connectivity index (χ2v) is 7.73. The summed E-state index contributed by atoms with van der Waals surface area (Å²) in [4.78, 5) is 3.40. The fourth-order valence-corrected chi connectivity index (χ4v) is 4.85. The highest BCUT2D eigenvalue weighted by molar-refractivity contribution is 7.89. The largest absolute Gasteiger partial charge is 0.357 e. The number of benzene rings is 2. The molecule has 0 saturated heterocycles. The third-order valence-electron chi connectivity index (χ3n) is 4.47. The van der Waals surface area contributed by atoms with E-state index >= 15 is 0 Å². The van der Waals surface area contributed by atoms with Crippen LogP contribution >= 0.6 is 0 Å².